The fourth-order valence-corrected chi connectivity index (χ4v) is 2.96. The van der Waals surface area contributed by atoms with E-state index in [0.29, 0.717) is 0 Å². The average Bonchev–Trinajstić information content (AvgIpc) is 2.47. The Kier molecular flexibility index (Phi) is 3.42. The zero-order valence-corrected chi connectivity index (χ0v) is 12.4. The van der Waals surface area contributed by atoms with E-state index in [1.807, 2.05) is 55.3 Å². The van der Waals surface area contributed by atoms with Crippen molar-refractivity contribution in [2.45, 2.75) is 25.3 Å². The zero-order chi connectivity index (χ0) is 15.0. The normalized spacial score (nSPS) is 17.5. The molecule has 0 saturated heterocycles. The Labute approximate surface area is 125 Å². The first-order valence-electron chi connectivity index (χ1n) is 7.28. The fourth-order valence-electron chi connectivity index (χ4n) is 2.96. The molecule has 1 aliphatic carbocycles. The van der Waals surface area contributed by atoms with E-state index in [0.717, 1.165) is 17.7 Å². The molecule has 0 aromatic heterocycles. The number of anilines is 1. The molecule has 1 amide bonds. The molecule has 21 heavy (non-hydrogen) atoms. The number of amides is 1. The van der Waals surface area contributed by atoms with Crippen molar-refractivity contribution in [1.82, 2.24) is 4.90 Å². The summed E-state index contributed by atoms with van der Waals surface area (Å²) >= 11 is 0. The first-order chi connectivity index (χ1) is 10.1. The summed E-state index contributed by atoms with van der Waals surface area (Å²) in [6, 6.07) is 15.9. The van der Waals surface area contributed by atoms with Gasteiger partial charge in [0.2, 0.25) is 5.91 Å². The summed E-state index contributed by atoms with van der Waals surface area (Å²) in [7, 11) is 1.87. The second kappa shape index (κ2) is 5.24. The van der Waals surface area contributed by atoms with Crippen LogP contribution >= 0.6 is 0 Å². The summed E-state index contributed by atoms with van der Waals surface area (Å²) in [5.41, 5.74) is 10.1. The molecule has 3 rings (SSSR count). The van der Waals surface area contributed by atoms with Crippen LogP contribution in [0.25, 0.3) is 0 Å². The molecule has 0 fully saturated rings. The van der Waals surface area contributed by atoms with E-state index in [9.17, 15) is 4.79 Å². The van der Waals surface area contributed by atoms with E-state index in [-0.39, 0.29) is 17.9 Å². The van der Waals surface area contributed by atoms with Crippen LogP contribution in [0.3, 0.4) is 0 Å². The lowest BCUT2D eigenvalue weighted by molar-refractivity contribution is -0.134. The van der Waals surface area contributed by atoms with Crippen LogP contribution in [0.5, 0.6) is 0 Å². The Hall–Kier alpha value is -2.29. The summed E-state index contributed by atoms with van der Waals surface area (Å²) in [5.74, 6) is 0.193. The van der Waals surface area contributed by atoms with Crippen LogP contribution in [0.1, 0.15) is 35.6 Å². The third-order valence-electron chi connectivity index (χ3n) is 4.47. The lowest BCUT2D eigenvalue weighted by Crippen LogP contribution is -2.38. The third kappa shape index (κ3) is 2.40. The molecule has 2 aromatic carbocycles. The molecule has 0 spiro atoms. The highest BCUT2D eigenvalue weighted by atomic mass is 16.2. The van der Waals surface area contributed by atoms with Crippen molar-refractivity contribution < 1.29 is 4.79 Å². The van der Waals surface area contributed by atoms with Gasteiger partial charge in [-0.2, -0.15) is 0 Å². The maximum atomic E-state index is 12.7. The van der Waals surface area contributed by atoms with Gasteiger partial charge < -0.3 is 10.6 Å². The highest BCUT2D eigenvalue weighted by molar-refractivity contribution is 5.87. The second-order valence-electron chi connectivity index (χ2n) is 5.75. The monoisotopic (exact) mass is 280 g/mol. The molecule has 0 radical (unpaired) electrons. The SMILES string of the molecule is CC(c1cccc(N)c1)N(C)C(=O)C1Cc2ccccc21. The number of hydrogen-bond donors (Lipinski definition) is 1. The molecular weight excluding hydrogens is 260 g/mol. The Bertz CT molecular complexity index is 680. The summed E-state index contributed by atoms with van der Waals surface area (Å²) in [6.07, 6.45) is 0.850. The number of benzene rings is 2. The molecule has 0 saturated carbocycles. The number of nitrogens with two attached hydrogens (primary N) is 1. The van der Waals surface area contributed by atoms with E-state index >= 15 is 0 Å². The third-order valence-corrected chi connectivity index (χ3v) is 4.47. The predicted octanol–water partition coefficient (Wildman–Crippen LogP) is 3.13. The number of nitrogens with zero attached hydrogens (tertiary/aromatic N) is 1. The van der Waals surface area contributed by atoms with Gasteiger partial charge in [0, 0.05) is 12.7 Å². The molecule has 0 heterocycles. The predicted molar refractivity (Wildman–Crippen MR) is 84.9 cm³/mol. The van der Waals surface area contributed by atoms with Gasteiger partial charge in [-0.1, -0.05) is 36.4 Å². The Balaban J connectivity index is 1.77. The van der Waals surface area contributed by atoms with Crippen molar-refractivity contribution in [2.75, 3.05) is 12.8 Å². The number of hydrogen-bond acceptors (Lipinski definition) is 2. The van der Waals surface area contributed by atoms with Crippen LogP contribution < -0.4 is 5.73 Å². The maximum Gasteiger partial charge on any atom is 0.230 e. The summed E-state index contributed by atoms with van der Waals surface area (Å²) in [5, 5.41) is 0. The Morgan fingerprint density at radius 2 is 2.00 bits per heavy atom. The van der Waals surface area contributed by atoms with E-state index in [4.69, 9.17) is 5.73 Å². The van der Waals surface area contributed by atoms with Crippen molar-refractivity contribution in [1.29, 1.82) is 0 Å². The largest absolute Gasteiger partial charge is 0.399 e. The molecule has 0 bridgehead atoms. The van der Waals surface area contributed by atoms with Gasteiger partial charge in [-0.05, 0) is 42.2 Å². The summed E-state index contributed by atoms with van der Waals surface area (Å²) in [4.78, 5) is 14.5. The second-order valence-corrected chi connectivity index (χ2v) is 5.75. The number of nitrogen functional groups attached to an aromatic ring is 1. The molecule has 1 aliphatic rings. The van der Waals surface area contributed by atoms with Gasteiger partial charge in [0.25, 0.3) is 0 Å². The summed E-state index contributed by atoms with van der Waals surface area (Å²) < 4.78 is 0. The van der Waals surface area contributed by atoms with Crippen molar-refractivity contribution in [3.63, 3.8) is 0 Å². The molecule has 108 valence electrons. The van der Waals surface area contributed by atoms with E-state index in [2.05, 4.69) is 12.1 Å². The molecule has 2 atom stereocenters. The Morgan fingerprint density at radius 1 is 1.24 bits per heavy atom. The first kappa shape index (κ1) is 13.7. The standard InChI is InChI=1S/C18H20N2O/c1-12(13-7-5-8-15(19)10-13)20(2)18(21)17-11-14-6-3-4-9-16(14)17/h3-10,12,17H,11,19H2,1-2H3. The van der Waals surface area contributed by atoms with Gasteiger partial charge in [-0.25, -0.2) is 0 Å². The van der Waals surface area contributed by atoms with Crippen molar-refractivity contribution in [3.05, 3.63) is 65.2 Å². The number of rotatable bonds is 3. The minimum Gasteiger partial charge on any atom is -0.399 e. The van der Waals surface area contributed by atoms with E-state index in [1.54, 1.807) is 0 Å². The van der Waals surface area contributed by atoms with Gasteiger partial charge >= 0.3 is 0 Å². The van der Waals surface area contributed by atoms with Crippen LogP contribution in [0.15, 0.2) is 48.5 Å². The van der Waals surface area contributed by atoms with E-state index in [1.165, 1.54) is 11.1 Å². The van der Waals surface area contributed by atoms with Crippen molar-refractivity contribution in [3.8, 4) is 0 Å². The smallest absolute Gasteiger partial charge is 0.230 e. The average molecular weight is 280 g/mol. The van der Waals surface area contributed by atoms with Gasteiger partial charge in [0.15, 0.2) is 0 Å². The molecule has 3 heteroatoms. The van der Waals surface area contributed by atoms with Gasteiger partial charge in [-0.3, -0.25) is 4.79 Å². The molecule has 0 aliphatic heterocycles. The molecular formula is C18H20N2O. The number of fused-ring (bicyclic) bond motifs is 1. The number of carbonyl (C=O) groups is 1. The van der Waals surface area contributed by atoms with Gasteiger partial charge in [-0.15, -0.1) is 0 Å². The van der Waals surface area contributed by atoms with Crippen LogP contribution in [-0.4, -0.2) is 17.9 Å². The number of likely N-dealkylation sites (N-methyl/N-ethyl adjacent to an activating group) is 1. The van der Waals surface area contributed by atoms with Crippen molar-refractivity contribution >= 4 is 11.6 Å². The molecule has 2 aromatic rings. The first-order valence-corrected chi connectivity index (χ1v) is 7.28. The molecule has 2 unspecified atom stereocenters. The van der Waals surface area contributed by atoms with Gasteiger partial charge in [0.1, 0.15) is 0 Å². The maximum absolute atomic E-state index is 12.7. The highest BCUT2D eigenvalue weighted by Crippen LogP contribution is 2.37. The Morgan fingerprint density at radius 3 is 2.71 bits per heavy atom. The lowest BCUT2D eigenvalue weighted by Gasteiger charge is -2.35. The topological polar surface area (TPSA) is 46.3 Å². The quantitative estimate of drug-likeness (QED) is 0.878. The highest BCUT2D eigenvalue weighted by Gasteiger charge is 2.34. The zero-order valence-electron chi connectivity index (χ0n) is 12.4. The summed E-state index contributed by atoms with van der Waals surface area (Å²) in [6.45, 7) is 2.04. The molecule has 3 nitrogen and oxygen atoms in total. The van der Waals surface area contributed by atoms with Crippen LogP contribution in [0, 0.1) is 0 Å². The molecule has 2 N–H and O–H groups in total. The van der Waals surface area contributed by atoms with Crippen LogP contribution in [0.4, 0.5) is 5.69 Å². The van der Waals surface area contributed by atoms with Crippen LogP contribution in [0.2, 0.25) is 0 Å². The minimum absolute atomic E-state index is 0.00899. The lowest BCUT2D eigenvalue weighted by atomic mass is 9.76. The number of carbonyl (C=O) groups excluding carboxylic acids is 1. The van der Waals surface area contributed by atoms with Gasteiger partial charge in [0.05, 0.1) is 12.0 Å². The van der Waals surface area contributed by atoms with Crippen LogP contribution in [-0.2, 0) is 11.2 Å². The minimum atomic E-state index is 0.00899. The van der Waals surface area contributed by atoms with Crippen molar-refractivity contribution in [2.24, 2.45) is 0 Å². The fraction of sp³-hybridized carbons (Fsp3) is 0.278. The van der Waals surface area contributed by atoms with E-state index < -0.39 is 0 Å².